The first-order valence-electron chi connectivity index (χ1n) is 3.37. The number of likely N-dealkylation sites (N-methyl/N-ethyl adjacent to an activating group) is 1. The molecule has 72 valence electrons. The Balaban J connectivity index is 3.87. The molecule has 0 aromatic heterocycles. The fourth-order valence-corrected chi connectivity index (χ4v) is 0.625. The highest BCUT2D eigenvalue weighted by Crippen LogP contribution is 2.19. The Morgan fingerprint density at radius 3 is 2.33 bits per heavy atom. The largest absolute Gasteiger partial charge is 0.397 e. The number of carbonyl (C=O) groups is 1. The van der Waals surface area contributed by atoms with Crippen molar-refractivity contribution in [2.75, 3.05) is 20.1 Å². The van der Waals surface area contributed by atoms with Gasteiger partial charge in [0.1, 0.15) is 6.42 Å². The summed E-state index contributed by atoms with van der Waals surface area (Å²) in [6, 6.07) is 0. The molecule has 0 unspecified atom stereocenters. The molecule has 0 heterocycles. The van der Waals surface area contributed by atoms with E-state index in [1.807, 2.05) is 0 Å². The van der Waals surface area contributed by atoms with E-state index in [2.05, 4.69) is 0 Å². The van der Waals surface area contributed by atoms with Gasteiger partial charge in [0.25, 0.3) is 0 Å². The monoisotopic (exact) mass is 184 g/mol. The molecule has 0 aliphatic heterocycles. The number of nitrogens with two attached hydrogens (primary N) is 1. The quantitative estimate of drug-likeness (QED) is 0.688. The van der Waals surface area contributed by atoms with E-state index in [1.165, 1.54) is 7.05 Å². The smallest absolute Gasteiger partial charge is 0.344 e. The van der Waals surface area contributed by atoms with E-state index in [1.54, 1.807) is 0 Å². The molecular weight excluding hydrogens is 173 g/mol. The van der Waals surface area contributed by atoms with Gasteiger partial charge in [-0.05, 0) is 0 Å². The zero-order valence-corrected chi connectivity index (χ0v) is 6.69. The highest BCUT2D eigenvalue weighted by Gasteiger charge is 2.32. The maximum absolute atomic E-state index is 11.6. The van der Waals surface area contributed by atoms with Gasteiger partial charge in [-0.1, -0.05) is 0 Å². The Kier molecular flexibility index (Phi) is 4.02. The fraction of sp³-hybridized carbons (Fsp3) is 0.833. The van der Waals surface area contributed by atoms with Crippen LogP contribution in [0, 0.1) is 0 Å². The number of halogens is 3. The lowest BCUT2D eigenvalue weighted by Crippen LogP contribution is -2.34. The van der Waals surface area contributed by atoms with E-state index < -0.39 is 18.5 Å². The van der Waals surface area contributed by atoms with Gasteiger partial charge in [0.2, 0.25) is 5.91 Å². The molecule has 6 heteroatoms. The van der Waals surface area contributed by atoms with Crippen molar-refractivity contribution in [3.05, 3.63) is 0 Å². The normalized spacial score (nSPS) is 11.4. The fourth-order valence-electron chi connectivity index (χ4n) is 0.625. The third-order valence-electron chi connectivity index (χ3n) is 1.24. The lowest BCUT2D eigenvalue weighted by Gasteiger charge is -2.16. The molecule has 0 aliphatic carbocycles. The number of alkyl halides is 3. The summed E-state index contributed by atoms with van der Waals surface area (Å²) >= 11 is 0. The molecule has 0 saturated carbocycles. The van der Waals surface area contributed by atoms with E-state index in [4.69, 9.17) is 5.73 Å². The van der Waals surface area contributed by atoms with Crippen LogP contribution in [0.2, 0.25) is 0 Å². The molecule has 0 aromatic rings. The van der Waals surface area contributed by atoms with Gasteiger partial charge in [0, 0.05) is 20.1 Å². The second-order valence-electron chi connectivity index (χ2n) is 2.40. The number of rotatable bonds is 3. The third-order valence-corrected chi connectivity index (χ3v) is 1.24. The van der Waals surface area contributed by atoms with Crippen molar-refractivity contribution < 1.29 is 18.0 Å². The van der Waals surface area contributed by atoms with Crippen LogP contribution in [0.3, 0.4) is 0 Å². The summed E-state index contributed by atoms with van der Waals surface area (Å²) in [6.07, 6.45) is -5.84. The van der Waals surface area contributed by atoms with Crippen molar-refractivity contribution in [1.29, 1.82) is 0 Å². The van der Waals surface area contributed by atoms with Gasteiger partial charge in [0.15, 0.2) is 0 Å². The predicted octanol–water partition coefficient (Wildman–Crippen LogP) is 0.356. The third kappa shape index (κ3) is 4.95. The first-order valence-corrected chi connectivity index (χ1v) is 3.37. The minimum atomic E-state index is -4.43. The number of hydrogen-bond donors (Lipinski definition) is 1. The van der Waals surface area contributed by atoms with Crippen molar-refractivity contribution >= 4 is 5.91 Å². The molecule has 0 atom stereocenters. The maximum atomic E-state index is 11.6. The van der Waals surface area contributed by atoms with Crippen LogP contribution in [0.4, 0.5) is 13.2 Å². The molecule has 0 saturated heterocycles. The maximum Gasteiger partial charge on any atom is 0.397 e. The zero-order chi connectivity index (χ0) is 9.78. The molecule has 0 spiro atoms. The van der Waals surface area contributed by atoms with Crippen LogP contribution in [-0.2, 0) is 4.79 Å². The second kappa shape index (κ2) is 4.30. The first-order chi connectivity index (χ1) is 5.37. The average molecular weight is 184 g/mol. The van der Waals surface area contributed by atoms with Crippen LogP contribution in [0.15, 0.2) is 0 Å². The highest BCUT2D eigenvalue weighted by molar-refractivity contribution is 5.76. The summed E-state index contributed by atoms with van der Waals surface area (Å²) in [5, 5.41) is 0. The molecule has 12 heavy (non-hydrogen) atoms. The number of amides is 1. The van der Waals surface area contributed by atoms with E-state index in [-0.39, 0.29) is 13.1 Å². The Morgan fingerprint density at radius 1 is 1.50 bits per heavy atom. The lowest BCUT2D eigenvalue weighted by molar-refractivity contribution is -0.160. The molecule has 0 rings (SSSR count). The Morgan fingerprint density at radius 2 is 2.00 bits per heavy atom. The van der Waals surface area contributed by atoms with Crippen molar-refractivity contribution in [2.45, 2.75) is 12.6 Å². The summed E-state index contributed by atoms with van der Waals surface area (Å²) in [7, 11) is 1.29. The molecule has 0 aromatic carbocycles. The van der Waals surface area contributed by atoms with Gasteiger partial charge in [0.05, 0.1) is 0 Å². The van der Waals surface area contributed by atoms with Gasteiger partial charge in [-0.2, -0.15) is 13.2 Å². The van der Waals surface area contributed by atoms with E-state index in [0.717, 1.165) is 4.90 Å². The van der Waals surface area contributed by atoms with E-state index in [9.17, 15) is 18.0 Å². The Labute approximate surface area is 68.3 Å². The SMILES string of the molecule is CN(CCN)C(=O)CC(F)(F)F. The topological polar surface area (TPSA) is 46.3 Å². The molecular formula is C6H11F3N2O. The average Bonchev–Trinajstić information content (AvgIpc) is 1.84. The van der Waals surface area contributed by atoms with Gasteiger partial charge >= 0.3 is 6.18 Å². The van der Waals surface area contributed by atoms with Crippen LogP contribution in [0.5, 0.6) is 0 Å². The van der Waals surface area contributed by atoms with Gasteiger partial charge < -0.3 is 10.6 Å². The molecule has 0 aliphatic rings. The van der Waals surface area contributed by atoms with Gasteiger partial charge in [-0.15, -0.1) is 0 Å². The summed E-state index contributed by atoms with van der Waals surface area (Å²) in [6.45, 7) is 0.314. The molecule has 3 nitrogen and oxygen atoms in total. The van der Waals surface area contributed by atoms with Crippen molar-refractivity contribution in [2.24, 2.45) is 5.73 Å². The summed E-state index contributed by atoms with van der Waals surface area (Å²) in [5.41, 5.74) is 5.06. The van der Waals surface area contributed by atoms with Crippen LogP contribution in [0.1, 0.15) is 6.42 Å². The molecule has 0 fully saturated rings. The van der Waals surface area contributed by atoms with E-state index >= 15 is 0 Å². The molecule has 0 bridgehead atoms. The standard InChI is InChI=1S/C6H11F3N2O/c1-11(3-2-10)5(12)4-6(7,8)9/h2-4,10H2,1H3. The Bertz CT molecular complexity index is 157. The van der Waals surface area contributed by atoms with Crippen LogP contribution in [-0.4, -0.2) is 37.1 Å². The number of carbonyl (C=O) groups excluding carboxylic acids is 1. The van der Waals surface area contributed by atoms with Crippen molar-refractivity contribution in [3.8, 4) is 0 Å². The summed E-state index contributed by atoms with van der Waals surface area (Å²) in [4.78, 5) is 11.7. The minimum absolute atomic E-state index is 0.148. The van der Waals surface area contributed by atoms with Crippen molar-refractivity contribution in [3.63, 3.8) is 0 Å². The lowest BCUT2D eigenvalue weighted by atomic mass is 10.3. The second-order valence-corrected chi connectivity index (χ2v) is 2.40. The van der Waals surface area contributed by atoms with Gasteiger partial charge in [-0.3, -0.25) is 4.79 Å². The van der Waals surface area contributed by atoms with Crippen LogP contribution >= 0.6 is 0 Å². The summed E-state index contributed by atoms with van der Waals surface area (Å²) < 4.78 is 34.9. The highest BCUT2D eigenvalue weighted by atomic mass is 19.4. The summed E-state index contributed by atoms with van der Waals surface area (Å²) in [5.74, 6) is -0.951. The van der Waals surface area contributed by atoms with E-state index in [0.29, 0.717) is 0 Å². The number of nitrogens with zero attached hydrogens (tertiary/aromatic N) is 1. The zero-order valence-electron chi connectivity index (χ0n) is 6.69. The predicted molar refractivity (Wildman–Crippen MR) is 37.4 cm³/mol. The minimum Gasteiger partial charge on any atom is -0.344 e. The van der Waals surface area contributed by atoms with Crippen LogP contribution < -0.4 is 5.73 Å². The molecule has 1 amide bonds. The molecule has 0 radical (unpaired) electrons. The van der Waals surface area contributed by atoms with Crippen molar-refractivity contribution in [1.82, 2.24) is 4.90 Å². The number of hydrogen-bond acceptors (Lipinski definition) is 2. The van der Waals surface area contributed by atoms with Crippen LogP contribution in [0.25, 0.3) is 0 Å². The molecule has 2 N–H and O–H groups in total. The Hall–Kier alpha value is -0.780. The first kappa shape index (κ1) is 11.2. The van der Waals surface area contributed by atoms with Gasteiger partial charge in [-0.25, -0.2) is 0 Å².